The van der Waals surface area contributed by atoms with Gasteiger partial charge in [-0.1, -0.05) is 30.3 Å². The topological polar surface area (TPSA) is 62.6 Å². The maximum Gasteiger partial charge on any atom is 0.362 e. The molecular weight excluding hydrogens is 332 g/mol. The number of carbonyl (C=O) groups is 1. The average Bonchev–Trinajstić information content (AvgIpc) is 3.14. The minimum absolute atomic E-state index is 0.158. The van der Waals surface area contributed by atoms with E-state index in [4.69, 9.17) is 14.2 Å². The largest absolute Gasteiger partial charge is 0.497 e. The zero-order chi connectivity index (χ0) is 18.4. The van der Waals surface area contributed by atoms with Crippen molar-refractivity contribution in [2.75, 3.05) is 20.8 Å². The Labute approximate surface area is 151 Å². The van der Waals surface area contributed by atoms with Crippen molar-refractivity contribution in [1.29, 1.82) is 0 Å². The number of methoxy groups -OCH3 is 2. The van der Waals surface area contributed by atoms with Crippen LogP contribution in [0.25, 0.3) is 5.69 Å². The Balaban J connectivity index is 1.64. The molecule has 0 atom stereocenters. The number of carbonyl (C=O) groups excluding carboxylic acids is 1. The molecule has 0 N–H and O–H groups in total. The van der Waals surface area contributed by atoms with Crippen molar-refractivity contribution in [1.82, 2.24) is 9.78 Å². The second kappa shape index (κ2) is 8.20. The summed E-state index contributed by atoms with van der Waals surface area (Å²) in [6.45, 7) is 0.256. The molecule has 0 aliphatic rings. The van der Waals surface area contributed by atoms with Crippen LogP contribution in [0.1, 0.15) is 16.1 Å². The summed E-state index contributed by atoms with van der Waals surface area (Å²) in [5.74, 6) is 0.662. The highest BCUT2D eigenvalue weighted by molar-refractivity contribution is 5.90. The van der Waals surface area contributed by atoms with Crippen LogP contribution >= 0.6 is 0 Å². The lowest BCUT2D eigenvalue weighted by molar-refractivity contribution is 0.0498. The first-order valence-electron chi connectivity index (χ1n) is 8.20. The summed E-state index contributed by atoms with van der Waals surface area (Å²) < 4.78 is 17.3. The highest BCUT2D eigenvalue weighted by atomic mass is 16.5. The maximum atomic E-state index is 12.4. The third kappa shape index (κ3) is 4.03. The van der Waals surface area contributed by atoms with E-state index in [0.717, 1.165) is 17.0 Å². The van der Waals surface area contributed by atoms with Crippen LogP contribution in [0, 0.1) is 0 Å². The van der Waals surface area contributed by atoms with Crippen molar-refractivity contribution in [2.45, 2.75) is 6.42 Å². The smallest absolute Gasteiger partial charge is 0.362 e. The molecule has 1 heterocycles. The van der Waals surface area contributed by atoms with E-state index in [0.29, 0.717) is 12.2 Å². The number of para-hydroxylation sites is 1. The summed E-state index contributed by atoms with van der Waals surface area (Å²) in [4.78, 5) is 12.4. The second-order valence-electron chi connectivity index (χ2n) is 5.56. The fourth-order valence-corrected chi connectivity index (χ4v) is 2.48. The highest BCUT2D eigenvalue weighted by Crippen LogP contribution is 2.20. The molecular formula is C20H20N2O4. The zero-order valence-corrected chi connectivity index (χ0v) is 14.7. The summed E-state index contributed by atoms with van der Waals surface area (Å²) in [5, 5.41) is 4.30. The summed E-state index contributed by atoms with van der Waals surface area (Å²) in [5.41, 5.74) is 2.05. The Kier molecular flexibility index (Phi) is 5.53. The first-order chi connectivity index (χ1) is 12.7. The van der Waals surface area contributed by atoms with E-state index in [-0.39, 0.29) is 12.3 Å². The molecule has 0 amide bonds. The van der Waals surface area contributed by atoms with Gasteiger partial charge in [-0.25, -0.2) is 9.48 Å². The summed E-state index contributed by atoms with van der Waals surface area (Å²) in [7, 11) is 3.12. The van der Waals surface area contributed by atoms with Crippen LogP contribution in [0.15, 0.2) is 60.8 Å². The lowest BCUT2D eigenvalue weighted by Crippen LogP contribution is -2.10. The Morgan fingerprint density at radius 3 is 2.38 bits per heavy atom. The molecule has 0 unspecified atom stereocenters. The van der Waals surface area contributed by atoms with Crippen molar-refractivity contribution in [3.8, 4) is 17.2 Å². The van der Waals surface area contributed by atoms with Gasteiger partial charge in [0.2, 0.25) is 5.69 Å². The molecule has 0 saturated carbocycles. The monoisotopic (exact) mass is 352 g/mol. The van der Waals surface area contributed by atoms with Crippen LogP contribution in [-0.2, 0) is 11.2 Å². The van der Waals surface area contributed by atoms with Crippen molar-refractivity contribution in [3.63, 3.8) is 0 Å². The van der Waals surface area contributed by atoms with Gasteiger partial charge in [-0.15, -0.1) is 0 Å². The van der Waals surface area contributed by atoms with E-state index in [9.17, 15) is 4.79 Å². The van der Waals surface area contributed by atoms with Crippen LogP contribution in [0.2, 0.25) is 0 Å². The van der Waals surface area contributed by atoms with Gasteiger partial charge in [0, 0.05) is 6.42 Å². The Bertz CT molecular complexity index is 857. The molecule has 26 heavy (non-hydrogen) atoms. The van der Waals surface area contributed by atoms with E-state index in [1.807, 2.05) is 54.6 Å². The van der Waals surface area contributed by atoms with Gasteiger partial charge >= 0.3 is 5.97 Å². The molecule has 6 heteroatoms. The summed E-state index contributed by atoms with van der Waals surface area (Å²) in [6.07, 6.45) is 2.27. The van der Waals surface area contributed by atoms with Gasteiger partial charge in [0.15, 0.2) is 5.75 Å². The van der Waals surface area contributed by atoms with Gasteiger partial charge in [0.05, 0.1) is 32.7 Å². The fraction of sp³-hybridized carbons (Fsp3) is 0.200. The third-order valence-corrected chi connectivity index (χ3v) is 3.90. The van der Waals surface area contributed by atoms with Crippen LogP contribution in [0.5, 0.6) is 11.5 Å². The van der Waals surface area contributed by atoms with Crippen molar-refractivity contribution in [3.05, 3.63) is 72.1 Å². The van der Waals surface area contributed by atoms with Crippen molar-refractivity contribution >= 4 is 5.97 Å². The first kappa shape index (κ1) is 17.5. The minimum atomic E-state index is -0.509. The first-order valence-corrected chi connectivity index (χ1v) is 8.20. The molecule has 1 aromatic heterocycles. The molecule has 0 radical (unpaired) electrons. The van der Waals surface area contributed by atoms with Crippen LogP contribution < -0.4 is 9.47 Å². The van der Waals surface area contributed by atoms with Gasteiger partial charge in [-0.05, 0) is 29.8 Å². The lowest BCUT2D eigenvalue weighted by atomic mass is 10.1. The van der Waals surface area contributed by atoms with Crippen LogP contribution in [-0.4, -0.2) is 36.6 Å². The standard InChI is InChI=1S/C20H20N2O4/c1-24-17-10-8-15(9-11-17)12-13-26-20(23)19-18(25-2)14-22(21-19)16-6-4-3-5-7-16/h3-11,14H,12-13H2,1-2H3. The lowest BCUT2D eigenvalue weighted by Gasteiger charge is -2.05. The molecule has 3 aromatic rings. The summed E-state index contributed by atoms with van der Waals surface area (Å²) >= 11 is 0. The van der Waals surface area contributed by atoms with Crippen LogP contribution in [0.3, 0.4) is 0 Å². The number of benzene rings is 2. The minimum Gasteiger partial charge on any atom is -0.497 e. The van der Waals surface area contributed by atoms with Crippen molar-refractivity contribution < 1.29 is 19.0 Å². The predicted octanol–water partition coefficient (Wildman–Crippen LogP) is 3.29. The number of esters is 1. The third-order valence-electron chi connectivity index (χ3n) is 3.90. The van der Waals surface area contributed by atoms with Gasteiger partial charge in [-0.3, -0.25) is 0 Å². The molecule has 0 aliphatic heterocycles. The highest BCUT2D eigenvalue weighted by Gasteiger charge is 2.19. The Hall–Kier alpha value is -3.28. The van der Waals surface area contributed by atoms with E-state index in [1.54, 1.807) is 18.0 Å². The Morgan fingerprint density at radius 2 is 1.73 bits per heavy atom. The van der Waals surface area contributed by atoms with Crippen LogP contribution in [0.4, 0.5) is 0 Å². The normalized spacial score (nSPS) is 10.4. The van der Waals surface area contributed by atoms with E-state index < -0.39 is 5.97 Å². The molecule has 0 saturated heterocycles. The molecule has 134 valence electrons. The molecule has 2 aromatic carbocycles. The quantitative estimate of drug-likeness (QED) is 0.611. The zero-order valence-electron chi connectivity index (χ0n) is 14.7. The molecule has 6 nitrogen and oxygen atoms in total. The Morgan fingerprint density at radius 1 is 1.00 bits per heavy atom. The molecule has 0 fully saturated rings. The van der Waals surface area contributed by atoms with Gasteiger partial charge in [0.1, 0.15) is 5.75 Å². The number of hydrogen-bond donors (Lipinski definition) is 0. The molecule has 3 rings (SSSR count). The maximum absolute atomic E-state index is 12.4. The van der Waals surface area contributed by atoms with Gasteiger partial charge in [0.25, 0.3) is 0 Å². The van der Waals surface area contributed by atoms with Gasteiger partial charge in [-0.2, -0.15) is 5.10 Å². The number of rotatable bonds is 7. The molecule has 0 bridgehead atoms. The molecule has 0 spiro atoms. The van der Waals surface area contributed by atoms with Crippen molar-refractivity contribution in [2.24, 2.45) is 0 Å². The SMILES string of the molecule is COc1ccc(CCOC(=O)c2nn(-c3ccccc3)cc2OC)cc1. The average molecular weight is 352 g/mol. The number of aromatic nitrogens is 2. The summed E-state index contributed by atoms with van der Waals surface area (Å²) in [6, 6.07) is 17.1. The fourth-order valence-electron chi connectivity index (χ4n) is 2.48. The number of hydrogen-bond acceptors (Lipinski definition) is 5. The second-order valence-corrected chi connectivity index (χ2v) is 5.56. The van der Waals surface area contributed by atoms with E-state index >= 15 is 0 Å². The van der Waals surface area contributed by atoms with Gasteiger partial charge < -0.3 is 14.2 Å². The number of nitrogens with zero attached hydrogens (tertiary/aromatic N) is 2. The van der Waals surface area contributed by atoms with E-state index in [2.05, 4.69) is 5.10 Å². The predicted molar refractivity (Wildman–Crippen MR) is 97.1 cm³/mol. The number of ether oxygens (including phenoxy) is 3. The molecule has 0 aliphatic carbocycles. The van der Waals surface area contributed by atoms with E-state index in [1.165, 1.54) is 7.11 Å².